The molecule has 2 aliphatic rings. The smallest absolute Gasteiger partial charge is 0.253 e. The van der Waals surface area contributed by atoms with Crippen LogP contribution >= 0.6 is 11.3 Å². The summed E-state index contributed by atoms with van der Waals surface area (Å²) in [4.78, 5) is 26.5. The van der Waals surface area contributed by atoms with Gasteiger partial charge in [0, 0.05) is 43.2 Å². The number of rotatable bonds is 8. The average molecular weight is 478 g/mol. The Morgan fingerprint density at radius 1 is 1.26 bits per heavy atom. The topological polar surface area (TPSA) is 81.9 Å². The van der Waals surface area contributed by atoms with Gasteiger partial charge in [-0.25, -0.2) is 4.98 Å². The van der Waals surface area contributed by atoms with E-state index in [2.05, 4.69) is 25.9 Å². The van der Waals surface area contributed by atoms with Gasteiger partial charge in [-0.1, -0.05) is 11.6 Å². The SMILES string of the molecule is Cc1c(C(=O)NCC2CCCO2)cc(-c2csc(-c3cnccn3)n2)n1CCC1=CCCCC1. The Morgan fingerprint density at radius 2 is 2.21 bits per heavy atom. The Balaban J connectivity index is 1.42. The summed E-state index contributed by atoms with van der Waals surface area (Å²) in [7, 11) is 0. The Hall–Kier alpha value is -2.84. The zero-order valence-electron chi connectivity index (χ0n) is 19.6. The number of ether oxygens (including phenoxy) is 1. The summed E-state index contributed by atoms with van der Waals surface area (Å²) in [5.74, 6) is -0.0470. The van der Waals surface area contributed by atoms with Gasteiger partial charge in [0.1, 0.15) is 10.7 Å². The highest BCUT2D eigenvalue weighted by molar-refractivity contribution is 7.13. The van der Waals surface area contributed by atoms with E-state index in [0.717, 1.165) is 60.2 Å². The molecule has 0 spiro atoms. The van der Waals surface area contributed by atoms with Gasteiger partial charge < -0.3 is 14.6 Å². The fourth-order valence-electron chi connectivity index (χ4n) is 4.79. The molecule has 178 valence electrons. The second-order valence-corrected chi connectivity index (χ2v) is 9.87. The molecule has 1 saturated heterocycles. The highest BCUT2D eigenvalue weighted by Gasteiger charge is 2.22. The first-order valence-corrected chi connectivity index (χ1v) is 13.1. The minimum atomic E-state index is -0.0470. The van der Waals surface area contributed by atoms with Crippen LogP contribution in [0.5, 0.6) is 0 Å². The molecule has 4 heterocycles. The molecule has 7 nitrogen and oxygen atoms in total. The van der Waals surface area contributed by atoms with E-state index in [0.29, 0.717) is 12.1 Å². The van der Waals surface area contributed by atoms with Gasteiger partial charge in [0.15, 0.2) is 0 Å². The van der Waals surface area contributed by atoms with Crippen molar-refractivity contribution in [2.75, 3.05) is 13.2 Å². The molecular weight excluding hydrogens is 446 g/mol. The summed E-state index contributed by atoms with van der Waals surface area (Å²) in [6.07, 6.45) is 15.6. The Kier molecular flexibility index (Phi) is 7.16. The standard InChI is InChI=1S/C26H31N5O2S/c1-18-21(25(32)29-15-20-8-5-13-33-20)14-24(31(18)12-9-19-6-3-2-4-7-19)23-17-34-26(30-23)22-16-27-10-11-28-22/h6,10-11,14,16-17,20H,2-5,7-9,12-13,15H2,1H3,(H,29,32). The summed E-state index contributed by atoms with van der Waals surface area (Å²) in [6.45, 7) is 4.22. The van der Waals surface area contributed by atoms with Gasteiger partial charge in [-0.2, -0.15) is 0 Å². The van der Waals surface area contributed by atoms with Crippen molar-refractivity contribution in [1.29, 1.82) is 0 Å². The fraction of sp³-hybridized carbons (Fsp3) is 0.462. The van der Waals surface area contributed by atoms with Crippen LogP contribution in [0.15, 0.2) is 41.7 Å². The van der Waals surface area contributed by atoms with E-state index in [9.17, 15) is 4.79 Å². The van der Waals surface area contributed by atoms with Crippen molar-refractivity contribution >= 4 is 17.2 Å². The van der Waals surface area contributed by atoms with Crippen LogP contribution in [0.2, 0.25) is 0 Å². The summed E-state index contributed by atoms with van der Waals surface area (Å²) < 4.78 is 7.93. The number of thiazole rings is 1. The third-order valence-electron chi connectivity index (χ3n) is 6.72. The molecule has 1 atom stereocenters. The van der Waals surface area contributed by atoms with E-state index in [4.69, 9.17) is 9.72 Å². The van der Waals surface area contributed by atoms with Crippen molar-refractivity contribution in [2.24, 2.45) is 0 Å². The summed E-state index contributed by atoms with van der Waals surface area (Å²) in [6, 6.07) is 1.99. The summed E-state index contributed by atoms with van der Waals surface area (Å²) >= 11 is 1.55. The first-order chi connectivity index (χ1) is 16.7. The third kappa shape index (κ3) is 5.13. The van der Waals surface area contributed by atoms with Crippen molar-refractivity contribution in [1.82, 2.24) is 24.8 Å². The number of nitrogens with one attached hydrogen (secondary N) is 1. The largest absolute Gasteiger partial charge is 0.376 e. The van der Waals surface area contributed by atoms with Gasteiger partial charge in [-0.05, 0) is 57.9 Å². The summed E-state index contributed by atoms with van der Waals surface area (Å²) in [5, 5.41) is 5.96. The van der Waals surface area contributed by atoms with Crippen molar-refractivity contribution < 1.29 is 9.53 Å². The lowest BCUT2D eigenvalue weighted by Gasteiger charge is -2.16. The van der Waals surface area contributed by atoms with E-state index in [-0.39, 0.29) is 12.0 Å². The van der Waals surface area contributed by atoms with Crippen molar-refractivity contribution in [2.45, 2.75) is 64.5 Å². The maximum Gasteiger partial charge on any atom is 0.253 e. The van der Waals surface area contributed by atoms with Crippen LogP contribution in [0.3, 0.4) is 0 Å². The minimum Gasteiger partial charge on any atom is -0.376 e. The van der Waals surface area contributed by atoms with Crippen LogP contribution in [-0.4, -0.2) is 44.7 Å². The number of nitrogens with zero attached hydrogens (tertiary/aromatic N) is 4. The number of carbonyl (C=O) groups is 1. The highest BCUT2D eigenvalue weighted by atomic mass is 32.1. The number of carbonyl (C=O) groups excluding carboxylic acids is 1. The molecule has 0 bridgehead atoms. The summed E-state index contributed by atoms with van der Waals surface area (Å²) in [5.41, 5.74) is 5.81. The molecule has 5 rings (SSSR count). The predicted octanol–water partition coefficient (Wildman–Crippen LogP) is 5.18. The second-order valence-electron chi connectivity index (χ2n) is 9.01. The normalized spacial score (nSPS) is 18.1. The predicted molar refractivity (Wildman–Crippen MR) is 134 cm³/mol. The molecule has 0 radical (unpaired) electrons. The first-order valence-electron chi connectivity index (χ1n) is 12.2. The molecule has 3 aromatic heterocycles. The molecule has 1 aliphatic heterocycles. The molecule has 1 aliphatic carbocycles. The van der Waals surface area contributed by atoms with E-state index in [1.54, 1.807) is 29.9 Å². The monoisotopic (exact) mass is 477 g/mol. The first kappa shape index (κ1) is 22.9. The number of hydrogen-bond donors (Lipinski definition) is 1. The lowest BCUT2D eigenvalue weighted by molar-refractivity contribution is 0.0857. The molecule has 3 aromatic rings. The highest BCUT2D eigenvalue weighted by Crippen LogP contribution is 2.32. The molecule has 34 heavy (non-hydrogen) atoms. The van der Waals surface area contributed by atoms with Gasteiger partial charge in [-0.15, -0.1) is 11.3 Å². The Morgan fingerprint density at radius 3 is 2.97 bits per heavy atom. The average Bonchev–Trinajstić information content (AvgIpc) is 3.63. The van der Waals surface area contributed by atoms with Crippen LogP contribution in [0.1, 0.15) is 61.0 Å². The molecule has 0 saturated carbocycles. The molecule has 8 heteroatoms. The molecule has 0 aromatic carbocycles. The lowest BCUT2D eigenvalue weighted by atomic mass is 9.97. The van der Waals surface area contributed by atoms with Crippen LogP contribution in [0, 0.1) is 6.92 Å². The second kappa shape index (κ2) is 10.6. The van der Waals surface area contributed by atoms with Gasteiger partial charge >= 0.3 is 0 Å². The van der Waals surface area contributed by atoms with Crippen LogP contribution in [0.25, 0.3) is 22.1 Å². The van der Waals surface area contributed by atoms with E-state index in [1.807, 2.05) is 18.4 Å². The van der Waals surface area contributed by atoms with Crippen LogP contribution < -0.4 is 5.32 Å². The molecule has 1 amide bonds. The van der Waals surface area contributed by atoms with E-state index < -0.39 is 0 Å². The quantitative estimate of drug-likeness (QED) is 0.452. The molecule has 1 fully saturated rings. The van der Waals surface area contributed by atoms with Crippen LogP contribution in [-0.2, 0) is 11.3 Å². The van der Waals surface area contributed by atoms with Gasteiger partial charge in [-0.3, -0.25) is 14.8 Å². The number of allylic oxidation sites excluding steroid dienone is 2. The van der Waals surface area contributed by atoms with E-state index in [1.165, 1.54) is 31.3 Å². The number of amides is 1. The zero-order valence-corrected chi connectivity index (χ0v) is 20.4. The van der Waals surface area contributed by atoms with Gasteiger partial charge in [0.25, 0.3) is 5.91 Å². The zero-order chi connectivity index (χ0) is 23.3. The Bertz CT molecular complexity index is 1160. The maximum atomic E-state index is 13.1. The molecular formula is C26H31N5O2S. The van der Waals surface area contributed by atoms with Crippen molar-refractivity contribution in [3.8, 4) is 22.1 Å². The maximum absolute atomic E-state index is 13.1. The van der Waals surface area contributed by atoms with Gasteiger partial charge in [0.2, 0.25) is 0 Å². The van der Waals surface area contributed by atoms with E-state index >= 15 is 0 Å². The lowest BCUT2D eigenvalue weighted by Crippen LogP contribution is -2.32. The number of aromatic nitrogens is 4. The van der Waals surface area contributed by atoms with Gasteiger partial charge in [0.05, 0.1) is 29.3 Å². The number of hydrogen-bond acceptors (Lipinski definition) is 6. The minimum absolute atomic E-state index is 0.0470. The van der Waals surface area contributed by atoms with Crippen molar-refractivity contribution in [3.63, 3.8) is 0 Å². The third-order valence-corrected chi connectivity index (χ3v) is 7.58. The van der Waals surface area contributed by atoms with Crippen LogP contribution in [0.4, 0.5) is 0 Å². The fourth-order valence-corrected chi connectivity index (χ4v) is 5.56. The van der Waals surface area contributed by atoms with Crippen molar-refractivity contribution in [3.05, 3.63) is 52.9 Å². The molecule has 1 N–H and O–H groups in total. The molecule has 1 unspecified atom stereocenters. The Labute approximate surface area is 204 Å².